The number of aromatic nitrogens is 1. The quantitative estimate of drug-likeness (QED) is 0.859. The van der Waals surface area contributed by atoms with Crippen LogP contribution in [0.1, 0.15) is 16.7 Å². The first-order valence-electron chi connectivity index (χ1n) is 6.81. The van der Waals surface area contributed by atoms with Crippen molar-refractivity contribution < 1.29 is 0 Å². The highest BCUT2D eigenvalue weighted by atomic mass is 32.1. The number of rotatable bonds is 2. The van der Waals surface area contributed by atoms with Crippen LogP contribution < -0.4 is 10.6 Å². The van der Waals surface area contributed by atoms with Gasteiger partial charge in [0.05, 0.1) is 0 Å². The SMILES string of the molecule is NC(=S)c1ccnc(N2CCc3ccccc3CC2)c1. The van der Waals surface area contributed by atoms with Gasteiger partial charge in [0.1, 0.15) is 10.8 Å². The monoisotopic (exact) mass is 283 g/mol. The van der Waals surface area contributed by atoms with Crippen LogP contribution in [0, 0.1) is 0 Å². The Morgan fingerprint density at radius 1 is 1.10 bits per heavy atom. The molecule has 1 aromatic heterocycles. The first kappa shape index (κ1) is 13.1. The third-order valence-electron chi connectivity index (χ3n) is 3.77. The molecule has 4 heteroatoms. The van der Waals surface area contributed by atoms with Crippen LogP contribution >= 0.6 is 12.2 Å². The Kier molecular flexibility index (Phi) is 3.65. The van der Waals surface area contributed by atoms with Gasteiger partial charge in [-0.15, -0.1) is 0 Å². The van der Waals surface area contributed by atoms with E-state index in [1.165, 1.54) is 11.1 Å². The number of hydrogen-bond donors (Lipinski definition) is 1. The van der Waals surface area contributed by atoms with Crippen LogP contribution in [0.5, 0.6) is 0 Å². The smallest absolute Gasteiger partial charge is 0.129 e. The minimum Gasteiger partial charge on any atom is -0.389 e. The topological polar surface area (TPSA) is 42.1 Å². The average molecular weight is 283 g/mol. The zero-order valence-corrected chi connectivity index (χ0v) is 12.1. The van der Waals surface area contributed by atoms with E-state index >= 15 is 0 Å². The molecule has 0 unspecified atom stereocenters. The molecule has 0 amide bonds. The van der Waals surface area contributed by atoms with Gasteiger partial charge >= 0.3 is 0 Å². The summed E-state index contributed by atoms with van der Waals surface area (Å²) < 4.78 is 0. The van der Waals surface area contributed by atoms with Crippen LogP contribution in [0.25, 0.3) is 0 Å². The Labute approximate surface area is 124 Å². The zero-order chi connectivity index (χ0) is 13.9. The first-order valence-corrected chi connectivity index (χ1v) is 7.22. The Hall–Kier alpha value is -1.94. The molecule has 0 saturated carbocycles. The number of nitrogens with two attached hydrogens (primary N) is 1. The van der Waals surface area contributed by atoms with Gasteiger partial charge in [-0.2, -0.15) is 0 Å². The van der Waals surface area contributed by atoms with E-state index in [0.717, 1.165) is 37.3 Å². The molecule has 0 spiro atoms. The lowest BCUT2D eigenvalue weighted by atomic mass is 10.0. The van der Waals surface area contributed by atoms with E-state index in [0.29, 0.717) is 4.99 Å². The first-order chi connectivity index (χ1) is 9.74. The minimum atomic E-state index is 0.423. The van der Waals surface area contributed by atoms with Crippen molar-refractivity contribution in [1.82, 2.24) is 4.98 Å². The van der Waals surface area contributed by atoms with Gasteiger partial charge in [-0.3, -0.25) is 0 Å². The van der Waals surface area contributed by atoms with Gasteiger partial charge in [-0.1, -0.05) is 36.5 Å². The van der Waals surface area contributed by atoms with Crippen molar-refractivity contribution in [3.8, 4) is 0 Å². The van der Waals surface area contributed by atoms with Crippen LogP contribution in [0.15, 0.2) is 42.6 Å². The second-order valence-electron chi connectivity index (χ2n) is 5.02. The van der Waals surface area contributed by atoms with Crippen LogP contribution in [0.3, 0.4) is 0 Å². The number of benzene rings is 1. The predicted octanol–water partition coefficient (Wildman–Crippen LogP) is 2.32. The lowest BCUT2D eigenvalue weighted by molar-refractivity contribution is 0.791. The molecule has 1 aliphatic rings. The second kappa shape index (κ2) is 5.59. The van der Waals surface area contributed by atoms with Crippen molar-refractivity contribution in [3.05, 3.63) is 59.3 Å². The van der Waals surface area contributed by atoms with Gasteiger partial charge < -0.3 is 10.6 Å². The molecule has 0 saturated heterocycles. The molecule has 1 aliphatic heterocycles. The standard InChI is InChI=1S/C16H17N3S/c17-16(20)14-5-8-18-15(11-14)19-9-6-12-3-1-2-4-13(12)7-10-19/h1-5,8,11H,6-7,9-10H2,(H2,17,20). The van der Waals surface area contributed by atoms with Crippen molar-refractivity contribution in [2.24, 2.45) is 5.73 Å². The summed E-state index contributed by atoms with van der Waals surface area (Å²) in [7, 11) is 0. The van der Waals surface area contributed by atoms with Crippen LogP contribution in [0.2, 0.25) is 0 Å². The predicted molar refractivity (Wildman–Crippen MR) is 86.2 cm³/mol. The molecule has 20 heavy (non-hydrogen) atoms. The molecule has 2 heterocycles. The average Bonchev–Trinajstić information content (AvgIpc) is 2.70. The van der Waals surface area contributed by atoms with E-state index in [4.69, 9.17) is 18.0 Å². The molecule has 0 atom stereocenters. The zero-order valence-electron chi connectivity index (χ0n) is 11.2. The molecule has 102 valence electrons. The fourth-order valence-electron chi connectivity index (χ4n) is 2.64. The van der Waals surface area contributed by atoms with Crippen molar-refractivity contribution in [2.45, 2.75) is 12.8 Å². The summed E-state index contributed by atoms with van der Waals surface area (Å²) in [4.78, 5) is 7.19. The Balaban J connectivity index is 1.83. The van der Waals surface area contributed by atoms with Crippen molar-refractivity contribution in [1.29, 1.82) is 0 Å². The fraction of sp³-hybridized carbons (Fsp3) is 0.250. The van der Waals surface area contributed by atoms with Crippen molar-refractivity contribution in [3.63, 3.8) is 0 Å². The van der Waals surface area contributed by atoms with Crippen molar-refractivity contribution in [2.75, 3.05) is 18.0 Å². The summed E-state index contributed by atoms with van der Waals surface area (Å²) in [6.07, 6.45) is 3.88. The highest BCUT2D eigenvalue weighted by Gasteiger charge is 2.15. The molecule has 2 N–H and O–H groups in total. The van der Waals surface area contributed by atoms with Gasteiger partial charge in [-0.25, -0.2) is 4.98 Å². The summed E-state index contributed by atoms with van der Waals surface area (Å²) in [5, 5.41) is 0. The van der Waals surface area contributed by atoms with Gasteiger partial charge in [0, 0.05) is 24.8 Å². The number of fused-ring (bicyclic) bond motifs is 1. The van der Waals surface area contributed by atoms with Crippen LogP contribution in [-0.2, 0) is 12.8 Å². The second-order valence-corrected chi connectivity index (χ2v) is 5.46. The van der Waals surface area contributed by atoms with Crippen molar-refractivity contribution >= 4 is 23.0 Å². The maximum atomic E-state index is 5.70. The maximum absolute atomic E-state index is 5.70. The number of thiocarbonyl (C=S) groups is 1. The summed E-state index contributed by atoms with van der Waals surface area (Å²) in [6, 6.07) is 12.5. The molecule has 3 nitrogen and oxygen atoms in total. The molecule has 2 aromatic rings. The Morgan fingerprint density at radius 3 is 2.35 bits per heavy atom. The van der Waals surface area contributed by atoms with E-state index in [9.17, 15) is 0 Å². The molecule has 0 bridgehead atoms. The third kappa shape index (κ3) is 2.65. The fourth-order valence-corrected chi connectivity index (χ4v) is 2.77. The highest BCUT2D eigenvalue weighted by Crippen LogP contribution is 2.20. The molecule has 1 aromatic carbocycles. The van der Waals surface area contributed by atoms with Gasteiger partial charge in [0.15, 0.2) is 0 Å². The molecule has 0 aliphatic carbocycles. The maximum Gasteiger partial charge on any atom is 0.129 e. The normalized spacial score (nSPS) is 14.5. The molecule has 3 rings (SSSR count). The number of pyridine rings is 1. The van der Waals surface area contributed by atoms with Crippen LogP contribution in [0.4, 0.5) is 5.82 Å². The number of anilines is 1. The molecular formula is C16H17N3S. The largest absolute Gasteiger partial charge is 0.389 e. The Bertz CT molecular complexity index is 612. The number of nitrogens with zero attached hydrogens (tertiary/aromatic N) is 2. The summed E-state index contributed by atoms with van der Waals surface area (Å²) in [5.41, 5.74) is 9.47. The van der Waals surface area contributed by atoms with E-state index in [2.05, 4.69) is 34.1 Å². The van der Waals surface area contributed by atoms with E-state index in [1.54, 1.807) is 6.20 Å². The van der Waals surface area contributed by atoms with E-state index in [1.807, 2.05) is 12.1 Å². The summed E-state index contributed by atoms with van der Waals surface area (Å²) in [6.45, 7) is 1.95. The molecular weight excluding hydrogens is 266 g/mol. The Morgan fingerprint density at radius 2 is 1.75 bits per heavy atom. The molecule has 0 radical (unpaired) electrons. The lowest BCUT2D eigenvalue weighted by Gasteiger charge is -2.21. The van der Waals surface area contributed by atoms with Crippen LogP contribution in [-0.4, -0.2) is 23.1 Å². The highest BCUT2D eigenvalue weighted by molar-refractivity contribution is 7.80. The van der Waals surface area contributed by atoms with E-state index < -0.39 is 0 Å². The van der Waals surface area contributed by atoms with Gasteiger partial charge in [-0.05, 0) is 36.1 Å². The third-order valence-corrected chi connectivity index (χ3v) is 4.01. The van der Waals surface area contributed by atoms with E-state index in [-0.39, 0.29) is 0 Å². The van der Waals surface area contributed by atoms with Gasteiger partial charge in [0.2, 0.25) is 0 Å². The number of hydrogen-bond acceptors (Lipinski definition) is 3. The lowest BCUT2D eigenvalue weighted by Crippen LogP contribution is -2.27. The summed E-state index contributed by atoms with van der Waals surface area (Å²) in [5.74, 6) is 0.961. The molecule has 0 fully saturated rings. The van der Waals surface area contributed by atoms with Gasteiger partial charge in [0.25, 0.3) is 0 Å². The minimum absolute atomic E-state index is 0.423. The summed E-state index contributed by atoms with van der Waals surface area (Å²) >= 11 is 5.04.